The van der Waals surface area contributed by atoms with Gasteiger partial charge in [0.1, 0.15) is 11.1 Å². The monoisotopic (exact) mass is 349 g/mol. The van der Waals surface area contributed by atoms with Gasteiger partial charge >= 0.3 is 0 Å². The maximum atomic E-state index is 12.4. The Hall–Kier alpha value is -1.24. The highest BCUT2D eigenvalue weighted by Crippen LogP contribution is 2.23. The number of aromatic nitrogens is 1. The van der Waals surface area contributed by atoms with Crippen LogP contribution in [0.5, 0.6) is 0 Å². The molecule has 132 valence electrons. The van der Waals surface area contributed by atoms with E-state index in [9.17, 15) is 4.79 Å². The van der Waals surface area contributed by atoms with Gasteiger partial charge in [-0.05, 0) is 26.7 Å². The molecule has 1 saturated heterocycles. The molecule has 0 spiro atoms. The molecule has 24 heavy (non-hydrogen) atoms. The summed E-state index contributed by atoms with van der Waals surface area (Å²) in [5.74, 6) is 0.527. The van der Waals surface area contributed by atoms with Crippen LogP contribution >= 0.6 is 11.3 Å². The fourth-order valence-electron chi connectivity index (χ4n) is 3.34. The van der Waals surface area contributed by atoms with Crippen LogP contribution in [-0.4, -0.2) is 53.5 Å². The van der Waals surface area contributed by atoms with E-state index in [4.69, 9.17) is 9.72 Å². The predicted octanol–water partition coefficient (Wildman–Crippen LogP) is 2.85. The number of allylic oxidation sites excluding steroid dienone is 2. The maximum absolute atomic E-state index is 12.4. The molecular formula is C18H27N3O2S. The zero-order valence-corrected chi connectivity index (χ0v) is 15.4. The summed E-state index contributed by atoms with van der Waals surface area (Å²) in [5.41, 5.74) is 1.11. The number of ether oxygens (including phenoxy) is 1. The second-order valence-electron chi connectivity index (χ2n) is 6.52. The zero-order valence-electron chi connectivity index (χ0n) is 14.6. The number of hydrogen-bond donors (Lipinski definition) is 0. The van der Waals surface area contributed by atoms with Crippen LogP contribution in [0.15, 0.2) is 17.5 Å². The smallest absolute Gasteiger partial charge is 0.226 e. The minimum Gasteiger partial charge on any atom is -0.372 e. The molecule has 1 amide bonds. The summed E-state index contributed by atoms with van der Waals surface area (Å²) in [6, 6.07) is 0. The second-order valence-corrected chi connectivity index (χ2v) is 7.41. The van der Waals surface area contributed by atoms with Crippen LogP contribution in [0.25, 0.3) is 0 Å². The molecule has 2 heterocycles. The van der Waals surface area contributed by atoms with Crippen LogP contribution in [0.3, 0.4) is 0 Å². The van der Waals surface area contributed by atoms with E-state index < -0.39 is 0 Å². The number of carbonyl (C=O) groups excluding carboxylic acids is 1. The van der Waals surface area contributed by atoms with Gasteiger partial charge in [-0.1, -0.05) is 12.2 Å². The summed E-state index contributed by atoms with van der Waals surface area (Å²) >= 11 is 1.67. The van der Waals surface area contributed by atoms with Gasteiger partial charge in [0, 0.05) is 50.6 Å². The van der Waals surface area contributed by atoms with E-state index in [2.05, 4.69) is 22.4 Å². The SMILES string of the molecule is CCO[C@@H](C)c1nc(CN2CCN(C(=O)C3CC=CC3)CC2)cs1. The third-order valence-electron chi connectivity index (χ3n) is 4.76. The molecule has 0 N–H and O–H groups in total. The number of carbonyl (C=O) groups is 1. The fraction of sp³-hybridized carbons (Fsp3) is 0.667. The van der Waals surface area contributed by atoms with E-state index in [0.717, 1.165) is 56.3 Å². The second kappa shape index (κ2) is 8.23. The zero-order chi connectivity index (χ0) is 16.9. The van der Waals surface area contributed by atoms with E-state index >= 15 is 0 Å². The van der Waals surface area contributed by atoms with Crippen molar-refractivity contribution >= 4 is 17.2 Å². The fourth-order valence-corrected chi connectivity index (χ4v) is 4.15. The van der Waals surface area contributed by atoms with E-state index in [1.165, 1.54) is 0 Å². The Bertz CT molecular complexity index is 571. The molecule has 1 aliphatic heterocycles. The number of thiazole rings is 1. The van der Waals surface area contributed by atoms with Gasteiger partial charge in [0.2, 0.25) is 5.91 Å². The van der Waals surface area contributed by atoms with E-state index in [0.29, 0.717) is 12.5 Å². The van der Waals surface area contributed by atoms with Gasteiger partial charge in [-0.3, -0.25) is 9.69 Å². The number of piperazine rings is 1. The van der Waals surface area contributed by atoms with Crippen molar-refractivity contribution < 1.29 is 9.53 Å². The minimum absolute atomic E-state index is 0.0724. The summed E-state index contributed by atoms with van der Waals surface area (Å²) in [4.78, 5) is 21.6. The van der Waals surface area contributed by atoms with Gasteiger partial charge in [0.25, 0.3) is 0 Å². The predicted molar refractivity (Wildman–Crippen MR) is 95.9 cm³/mol. The quantitative estimate of drug-likeness (QED) is 0.741. The molecular weight excluding hydrogens is 322 g/mol. The highest BCUT2D eigenvalue weighted by atomic mass is 32.1. The van der Waals surface area contributed by atoms with Crippen LogP contribution in [0.1, 0.15) is 43.5 Å². The average molecular weight is 350 g/mol. The number of hydrogen-bond acceptors (Lipinski definition) is 5. The van der Waals surface area contributed by atoms with Crippen LogP contribution in [0.2, 0.25) is 0 Å². The van der Waals surface area contributed by atoms with Crippen LogP contribution in [0, 0.1) is 5.92 Å². The Kier molecular flexibility index (Phi) is 6.03. The van der Waals surface area contributed by atoms with Crippen molar-refractivity contribution in [1.29, 1.82) is 0 Å². The summed E-state index contributed by atoms with van der Waals surface area (Å²) in [6.45, 7) is 9.16. The van der Waals surface area contributed by atoms with E-state index in [1.807, 2.05) is 18.7 Å². The summed E-state index contributed by atoms with van der Waals surface area (Å²) in [6.07, 6.45) is 6.16. The molecule has 1 fully saturated rings. The van der Waals surface area contributed by atoms with Gasteiger partial charge in [-0.15, -0.1) is 11.3 Å². The van der Waals surface area contributed by atoms with Crippen LogP contribution in [-0.2, 0) is 16.1 Å². The average Bonchev–Trinajstić information content (AvgIpc) is 3.27. The Labute approximate surface area is 148 Å². The first-order valence-corrected chi connectivity index (χ1v) is 9.77. The molecule has 1 aromatic rings. The van der Waals surface area contributed by atoms with Gasteiger partial charge in [-0.25, -0.2) is 4.98 Å². The lowest BCUT2D eigenvalue weighted by Crippen LogP contribution is -2.49. The van der Waals surface area contributed by atoms with Crippen molar-refractivity contribution in [3.05, 3.63) is 28.2 Å². The molecule has 5 nitrogen and oxygen atoms in total. The lowest BCUT2D eigenvalue weighted by Gasteiger charge is -2.35. The number of amides is 1. The Balaban J connectivity index is 1.46. The molecule has 1 aliphatic carbocycles. The van der Waals surface area contributed by atoms with E-state index in [1.54, 1.807) is 11.3 Å². The molecule has 1 atom stereocenters. The molecule has 0 aromatic carbocycles. The molecule has 2 aliphatic rings. The maximum Gasteiger partial charge on any atom is 0.226 e. The molecule has 6 heteroatoms. The van der Waals surface area contributed by atoms with Crippen molar-refractivity contribution in [3.63, 3.8) is 0 Å². The van der Waals surface area contributed by atoms with Gasteiger partial charge in [0.15, 0.2) is 0 Å². The standard InChI is InChI=1S/C18H27N3O2S/c1-3-23-14(2)17-19-16(13-24-17)12-20-8-10-21(11-9-20)18(22)15-6-4-5-7-15/h4-5,13-15H,3,6-12H2,1-2H3/t14-/m0/s1. The highest BCUT2D eigenvalue weighted by Gasteiger charge is 2.27. The molecule has 0 radical (unpaired) electrons. The van der Waals surface area contributed by atoms with Crippen molar-refractivity contribution in [2.45, 2.75) is 39.3 Å². The summed E-state index contributed by atoms with van der Waals surface area (Å²) in [7, 11) is 0. The molecule has 3 rings (SSSR count). The van der Waals surface area contributed by atoms with Gasteiger partial charge < -0.3 is 9.64 Å². The summed E-state index contributed by atoms with van der Waals surface area (Å²) < 4.78 is 5.61. The van der Waals surface area contributed by atoms with Crippen molar-refractivity contribution in [1.82, 2.24) is 14.8 Å². The largest absolute Gasteiger partial charge is 0.372 e. The first-order chi connectivity index (χ1) is 11.7. The number of rotatable bonds is 6. The Morgan fingerprint density at radius 3 is 2.71 bits per heavy atom. The first-order valence-electron chi connectivity index (χ1n) is 8.89. The number of nitrogens with zero attached hydrogens (tertiary/aromatic N) is 3. The van der Waals surface area contributed by atoms with Gasteiger partial charge in [-0.2, -0.15) is 0 Å². The molecule has 1 aromatic heterocycles. The van der Waals surface area contributed by atoms with Crippen molar-refractivity contribution in [2.75, 3.05) is 32.8 Å². The molecule has 0 unspecified atom stereocenters. The van der Waals surface area contributed by atoms with Crippen molar-refractivity contribution in [2.24, 2.45) is 5.92 Å². The Morgan fingerprint density at radius 2 is 2.04 bits per heavy atom. The highest BCUT2D eigenvalue weighted by molar-refractivity contribution is 7.09. The van der Waals surface area contributed by atoms with Crippen LogP contribution in [0.4, 0.5) is 0 Å². The van der Waals surface area contributed by atoms with Crippen molar-refractivity contribution in [3.8, 4) is 0 Å². The third-order valence-corrected chi connectivity index (χ3v) is 5.82. The lowest BCUT2D eigenvalue weighted by molar-refractivity contribution is -0.137. The third kappa shape index (κ3) is 4.23. The summed E-state index contributed by atoms with van der Waals surface area (Å²) in [5, 5.41) is 3.18. The normalized spacial score (nSPS) is 20.7. The van der Waals surface area contributed by atoms with E-state index in [-0.39, 0.29) is 12.0 Å². The first kappa shape index (κ1) is 17.6. The Morgan fingerprint density at radius 1 is 1.33 bits per heavy atom. The minimum atomic E-state index is 0.0724. The topological polar surface area (TPSA) is 45.7 Å². The lowest BCUT2D eigenvalue weighted by atomic mass is 10.1. The molecule has 0 bridgehead atoms. The molecule has 0 saturated carbocycles. The van der Waals surface area contributed by atoms with Gasteiger partial charge in [0.05, 0.1) is 5.69 Å². The van der Waals surface area contributed by atoms with Crippen LogP contribution < -0.4 is 0 Å².